The van der Waals surface area contributed by atoms with Crippen molar-refractivity contribution >= 4 is 11.3 Å². The number of rotatable bonds is 2. The van der Waals surface area contributed by atoms with Crippen LogP contribution in [0.15, 0.2) is 0 Å². The van der Waals surface area contributed by atoms with Gasteiger partial charge in [-0.2, -0.15) is 0 Å². The molecule has 1 unspecified atom stereocenters. The fourth-order valence-corrected chi connectivity index (χ4v) is 4.35. The Labute approximate surface area is 101 Å². The van der Waals surface area contributed by atoms with Crippen LogP contribution in [0.25, 0.3) is 0 Å². The molecule has 2 aliphatic carbocycles. The highest BCUT2D eigenvalue weighted by atomic mass is 32.1. The number of fused-ring (bicyclic) bond motifs is 1. The molecule has 0 amide bonds. The van der Waals surface area contributed by atoms with E-state index >= 15 is 0 Å². The second kappa shape index (κ2) is 4.46. The largest absolute Gasteiger partial charge is 0.317 e. The fourth-order valence-electron chi connectivity index (χ4n) is 2.99. The van der Waals surface area contributed by atoms with Gasteiger partial charge in [-0.3, -0.25) is 0 Å². The van der Waals surface area contributed by atoms with Crippen molar-refractivity contribution in [2.75, 3.05) is 7.05 Å². The molecule has 1 N–H and O–H groups in total. The smallest absolute Gasteiger partial charge is 0.0962 e. The van der Waals surface area contributed by atoms with Crippen LogP contribution in [0, 0.1) is 0 Å². The predicted molar refractivity (Wildman–Crippen MR) is 68.2 cm³/mol. The normalized spacial score (nSPS) is 25.9. The Hall–Kier alpha value is -0.410. The number of nitrogens with one attached hydrogen (secondary N) is 1. The summed E-state index contributed by atoms with van der Waals surface area (Å²) in [7, 11) is 2.08. The number of hydrogen-bond donors (Lipinski definition) is 1. The van der Waals surface area contributed by atoms with Crippen LogP contribution in [0.4, 0.5) is 0 Å². The number of hydrogen-bond acceptors (Lipinski definition) is 3. The van der Waals surface area contributed by atoms with Gasteiger partial charge < -0.3 is 5.32 Å². The van der Waals surface area contributed by atoms with E-state index in [0.717, 1.165) is 5.92 Å². The van der Waals surface area contributed by atoms with E-state index in [1.165, 1.54) is 55.6 Å². The van der Waals surface area contributed by atoms with Crippen LogP contribution in [-0.2, 0) is 12.8 Å². The van der Waals surface area contributed by atoms with Gasteiger partial charge in [0.1, 0.15) is 0 Å². The first-order valence-electron chi connectivity index (χ1n) is 6.52. The van der Waals surface area contributed by atoms with Gasteiger partial charge in [-0.25, -0.2) is 4.98 Å². The molecule has 88 valence electrons. The Morgan fingerprint density at radius 3 is 2.81 bits per heavy atom. The van der Waals surface area contributed by atoms with Gasteiger partial charge in [-0.1, -0.05) is 12.8 Å². The van der Waals surface area contributed by atoms with E-state index in [-0.39, 0.29) is 0 Å². The zero-order chi connectivity index (χ0) is 11.0. The SMILES string of the molecule is CNC1CCc2nc(C3CCCC3)sc2C1. The van der Waals surface area contributed by atoms with Crippen LogP contribution < -0.4 is 5.32 Å². The number of thiazole rings is 1. The molecule has 2 aliphatic rings. The number of aromatic nitrogens is 1. The number of likely N-dealkylation sites (N-methyl/N-ethyl adjacent to an activating group) is 1. The molecule has 0 radical (unpaired) electrons. The molecule has 0 saturated heterocycles. The summed E-state index contributed by atoms with van der Waals surface area (Å²) >= 11 is 2.00. The lowest BCUT2D eigenvalue weighted by molar-refractivity contribution is 0.496. The molecule has 3 heteroatoms. The molecule has 1 atom stereocenters. The lowest BCUT2D eigenvalue weighted by atomic mass is 9.98. The van der Waals surface area contributed by atoms with Crippen molar-refractivity contribution in [3.63, 3.8) is 0 Å². The molecule has 16 heavy (non-hydrogen) atoms. The Kier molecular flexibility index (Phi) is 2.99. The molecular weight excluding hydrogens is 216 g/mol. The Bertz CT molecular complexity index is 366. The molecule has 0 aliphatic heterocycles. The van der Waals surface area contributed by atoms with Gasteiger partial charge >= 0.3 is 0 Å². The van der Waals surface area contributed by atoms with Crippen molar-refractivity contribution < 1.29 is 0 Å². The fraction of sp³-hybridized carbons (Fsp3) is 0.769. The van der Waals surface area contributed by atoms with E-state index in [4.69, 9.17) is 4.98 Å². The average Bonchev–Trinajstić information content (AvgIpc) is 2.96. The summed E-state index contributed by atoms with van der Waals surface area (Å²) in [5.41, 5.74) is 1.42. The standard InChI is InChI=1S/C13H20N2S/c1-14-10-6-7-11-12(8-10)16-13(15-11)9-4-2-3-5-9/h9-10,14H,2-8H2,1H3. The maximum Gasteiger partial charge on any atom is 0.0962 e. The number of nitrogens with zero attached hydrogens (tertiary/aromatic N) is 1. The van der Waals surface area contributed by atoms with Crippen LogP contribution in [0.3, 0.4) is 0 Å². The molecule has 1 aromatic heterocycles. The summed E-state index contributed by atoms with van der Waals surface area (Å²) in [6.45, 7) is 0. The molecular formula is C13H20N2S. The Balaban J connectivity index is 1.80. The van der Waals surface area contributed by atoms with Gasteiger partial charge in [0.05, 0.1) is 10.7 Å². The summed E-state index contributed by atoms with van der Waals surface area (Å²) in [5, 5.41) is 4.85. The van der Waals surface area contributed by atoms with Crippen molar-refractivity contribution in [2.45, 2.75) is 56.9 Å². The maximum absolute atomic E-state index is 4.89. The molecule has 3 rings (SSSR count). The minimum absolute atomic E-state index is 0.685. The second-order valence-electron chi connectivity index (χ2n) is 5.13. The first-order chi connectivity index (χ1) is 7.86. The van der Waals surface area contributed by atoms with Gasteiger partial charge in [0.15, 0.2) is 0 Å². The highest BCUT2D eigenvalue weighted by molar-refractivity contribution is 7.11. The minimum Gasteiger partial charge on any atom is -0.317 e. The van der Waals surface area contributed by atoms with Gasteiger partial charge in [-0.05, 0) is 39.2 Å². The highest BCUT2D eigenvalue weighted by Gasteiger charge is 2.25. The van der Waals surface area contributed by atoms with Crippen molar-refractivity contribution in [1.29, 1.82) is 0 Å². The van der Waals surface area contributed by atoms with Crippen LogP contribution in [-0.4, -0.2) is 18.1 Å². The Morgan fingerprint density at radius 1 is 1.25 bits per heavy atom. The third-order valence-corrected chi connectivity index (χ3v) is 5.35. The van der Waals surface area contributed by atoms with E-state index in [9.17, 15) is 0 Å². The van der Waals surface area contributed by atoms with Gasteiger partial charge in [0.2, 0.25) is 0 Å². The van der Waals surface area contributed by atoms with Gasteiger partial charge in [0, 0.05) is 16.8 Å². The average molecular weight is 236 g/mol. The minimum atomic E-state index is 0.685. The van der Waals surface area contributed by atoms with Crippen molar-refractivity contribution in [3.8, 4) is 0 Å². The van der Waals surface area contributed by atoms with E-state index in [0.29, 0.717) is 6.04 Å². The molecule has 1 saturated carbocycles. The number of aryl methyl sites for hydroxylation is 1. The molecule has 1 aromatic rings. The predicted octanol–water partition coefficient (Wildman–Crippen LogP) is 2.88. The quantitative estimate of drug-likeness (QED) is 0.854. The zero-order valence-electron chi connectivity index (χ0n) is 9.96. The third-order valence-electron chi connectivity index (χ3n) is 4.07. The summed E-state index contributed by atoms with van der Waals surface area (Å²) in [6, 6.07) is 0.685. The van der Waals surface area contributed by atoms with E-state index in [2.05, 4.69) is 12.4 Å². The van der Waals surface area contributed by atoms with Crippen LogP contribution in [0.1, 0.15) is 53.6 Å². The summed E-state index contributed by atoms with van der Waals surface area (Å²) in [6.07, 6.45) is 9.23. The van der Waals surface area contributed by atoms with Crippen molar-refractivity contribution in [1.82, 2.24) is 10.3 Å². The Morgan fingerprint density at radius 2 is 2.06 bits per heavy atom. The zero-order valence-corrected chi connectivity index (χ0v) is 10.8. The first-order valence-corrected chi connectivity index (χ1v) is 7.34. The van der Waals surface area contributed by atoms with Crippen LogP contribution >= 0.6 is 11.3 Å². The maximum atomic E-state index is 4.89. The second-order valence-corrected chi connectivity index (χ2v) is 6.25. The molecule has 0 spiro atoms. The monoisotopic (exact) mass is 236 g/mol. The summed E-state index contributed by atoms with van der Waals surface area (Å²) < 4.78 is 0. The highest BCUT2D eigenvalue weighted by Crippen LogP contribution is 2.38. The molecule has 1 heterocycles. The summed E-state index contributed by atoms with van der Waals surface area (Å²) in [5.74, 6) is 0.795. The van der Waals surface area contributed by atoms with E-state index in [1.807, 2.05) is 11.3 Å². The van der Waals surface area contributed by atoms with Crippen LogP contribution in [0.5, 0.6) is 0 Å². The van der Waals surface area contributed by atoms with Crippen LogP contribution in [0.2, 0.25) is 0 Å². The molecule has 0 aromatic carbocycles. The van der Waals surface area contributed by atoms with E-state index in [1.54, 1.807) is 4.88 Å². The van der Waals surface area contributed by atoms with Gasteiger partial charge in [0.25, 0.3) is 0 Å². The molecule has 0 bridgehead atoms. The molecule has 2 nitrogen and oxygen atoms in total. The van der Waals surface area contributed by atoms with Crippen molar-refractivity contribution in [3.05, 3.63) is 15.6 Å². The first kappa shape index (κ1) is 10.7. The molecule has 1 fully saturated rings. The van der Waals surface area contributed by atoms with Crippen molar-refractivity contribution in [2.24, 2.45) is 0 Å². The lowest BCUT2D eigenvalue weighted by Gasteiger charge is -2.19. The van der Waals surface area contributed by atoms with Gasteiger partial charge in [-0.15, -0.1) is 11.3 Å². The third kappa shape index (κ3) is 1.91. The summed E-state index contributed by atoms with van der Waals surface area (Å²) in [4.78, 5) is 6.45. The lowest BCUT2D eigenvalue weighted by Crippen LogP contribution is -2.30. The topological polar surface area (TPSA) is 24.9 Å². The van der Waals surface area contributed by atoms with E-state index < -0.39 is 0 Å².